The van der Waals surface area contributed by atoms with E-state index < -0.39 is 14.6 Å². The van der Waals surface area contributed by atoms with Crippen molar-refractivity contribution in [1.82, 2.24) is 4.57 Å². The fourth-order valence-corrected chi connectivity index (χ4v) is 7.18. The maximum absolute atomic E-state index is 13.5. The number of aromatic nitrogens is 1. The second-order valence-electron chi connectivity index (χ2n) is 9.75. The normalized spacial score (nSPS) is 22.9. The Balaban J connectivity index is 1.47. The zero-order chi connectivity index (χ0) is 25.2. The van der Waals surface area contributed by atoms with Crippen molar-refractivity contribution in [3.63, 3.8) is 0 Å². The van der Waals surface area contributed by atoms with Crippen LogP contribution in [0, 0.1) is 0 Å². The number of aryl methyl sites for hydroxylation is 1. The van der Waals surface area contributed by atoms with Gasteiger partial charge in [0.05, 0.1) is 12.4 Å². The first kappa shape index (κ1) is 24.8. The number of rotatable bonds is 8. The summed E-state index contributed by atoms with van der Waals surface area (Å²) in [5, 5.41) is 2.40. The lowest BCUT2D eigenvalue weighted by Gasteiger charge is -2.30. The summed E-state index contributed by atoms with van der Waals surface area (Å²) in [5.41, 5.74) is 3.40. The van der Waals surface area contributed by atoms with Crippen LogP contribution in [-0.4, -0.2) is 42.8 Å². The van der Waals surface area contributed by atoms with Gasteiger partial charge in [0.15, 0.2) is 9.84 Å². The molecule has 0 saturated carbocycles. The summed E-state index contributed by atoms with van der Waals surface area (Å²) in [4.78, 5) is 0. The highest BCUT2D eigenvalue weighted by Gasteiger charge is 2.39. The fourth-order valence-electron chi connectivity index (χ4n) is 5.37. The lowest BCUT2D eigenvalue weighted by Crippen LogP contribution is -2.37. The van der Waals surface area contributed by atoms with Gasteiger partial charge in [-0.25, -0.2) is 8.42 Å². The van der Waals surface area contributed by atoms with Gasteiger partial charge in [0.2, 0.25) is 0 Å². The molecule has 6 heteroatoms. The predicted molar refractivity (Wildman–Crippen MR) is 148 cm³/mol. The van der Waals surface area contributed by atoms with Gasteiger partial charge >= 0.3 is 0 Å². The van der Waals surface area contributed by atoms with Crippen LogP contribution in [0.5, 0.6) is 0 Å². The van der Waals surface area contributed by atoms with Gasteiger partial charge in [-0.15, -0.1) is 0 Å². The Morgan fingerprint density at radius 2 is 1.97 bits per heavy atom. The smallest absolute Gasteiger partial charge is 0.163 e. The van der Waals surface area contributed by atoms with Crippen LogP contribution in [-0.2, 0) is 25.9 Å². The van der Waals surface area contributed by atoms with Crippen LogP contribution < -0.4 is 0 Å². The molecule has 2 atom stereocenters. The van der Waals surface area contributed by atoms with Crippen molar-refractivity contribution < 1.29 is 17.9 Å². The summed E-state index contributed by atoms with van der Waals surface area (Å²) in [6.45, 7) is 6.33. The Labute approximate surface area is 214 Å². The third kappa shape index (κ3) is 4.64. The zero-order valence-corrected chi connectivity index (χ0v) is 22.0. The SMILES string of the molecule is CCCS(=O)(=O)C1(C=Cc2ccc3c(c2)c2ccccc2n3CC)C=CC(OC2CCCOC2)=CC1. The quantitative estimate of drug-likeness (QED) is 0.354. The van der Waals surface area contributed by atoms with Crippen molar-refractivity contribution in [2.24, 2.45) is 0 Å². The highest BCUT2D eigenvalue weighted by atomic mass is 32.2. The molecule has 1 fully saturated rings. The first-order chi connectivity index (χ1) is 17.5. The van der Waals surface area contributed by atoms with Crippen LogP contribution in [0.25, 0.3) is 27.9 Å². The van der Waals surface area contributed by atoms with Crippen LogP contribution in [0.15, 0.2) is 72.5 Å². The van der Waals surface area contributed by atoms with E-state index in [2.05, 4.69) is 54.0 Å². The van der Waals surface area contributed by atoms with Crippen molar-refractivity contribution in [2.75, 3.05) is 19.0 Å². The summed E-state index contributed by atoms with van der Waals surface area (Å²) >= 11 is 0. The number of sulfone groups is 1. The fraction of sp³-hybridized carbons (Fsp3) is 0.400. The number of para-hydroxylation sites is 1. The monoisotopic (exact) mass is 505 g/mol. The molecule has 0 N–H and O–H groups in total. The molecule has 2 aromatic carbocycles. The summed E-state index contributed by atoms with van der Waals surface area (Å²) in [5.74, 6) is 0.876. The van der Waals surface area contributed by atoms with E-state index in [0.29, 0.717) is 19.4 Å². The van der Waals surface area contributed by atoms with E-state index >= 15 is 0 Å². The molecule has 36 heavy (non-hydrogen) atoms. The minimum absolute atomic E-state index is 0.0296. The maximum Gasteiger partial charge on any atom is 0.163 e. The van der Waals surface area contributed by atoms with E-state index in [0.717, 1.165) is 37.3 Å². The number of nitrogens with zero attached hydrogens (tertiary/aromatic N) is 1. The van der Waals surface area contributed by atoms with Crippen molar-refractivity contribution in [3.05, 3.63) is 78.1 Å². The lowest BCUT2D eigenvalue weighted by molar-refractivity contribution is -0.0203. The topological polar surface area (TPSA) is 57.5 Å². The van der Waals surface area contributed by atoms with E-state index in [4.69, 9.17) is 9.47 Å². The molecule has 2 aliphatic rings. The van der Waals surface area contributed by atoms with E-state index in [1.807, 2.05) is 37.3 Å². The van der Waals surface area contributed by atoms with Gasteiger partial charge in [-0.1, -0.05) is 49.4 Å². The van der Waals surface area contributed by atoms with Crippen molar-refractivity contribution in [2.45, 2.75) is 56.9 Å². The third-order valence-electron chi connectivity index (χ3n) is 7.30. The number of ether oxygens (including phenoxy) is 2. The number of hydrogen-bond donors (Lipinski definition) is 0. The van der Waals surface area contributed by atoms with Gasteiger partial charge in [0, 0.05) is 35.0 Å². The molecular formula is C30H35NO4S. The highest BCUT2D eigenvalue weighted by molar-refractivity contribution is 7.93. The Bertz CT molecular complexity index is 1440. The molecule has 1 aliphatic carbocycles. The summed E-state index contributed by atoms with van der Waals surface area (Å²) in [6.07, 6.45) is 12.3. The minimum Gasteiger partial charge on any atom is -0.488 e. The number of benzene rings is 2. The number of fused-ring (bicyclic) bond motifs is 3. The third-order valence-corrected chi connectivity index (χ3v) is 9.84. The molecule has 1 aliphatic heterocycles. The van der Waals surface area contributed by atoms with Crippen LogP contribution in [0.2, 0.25) is 0 Å². The molecular weight excluding hydrogens is 470 g/mol. The summed E-state index contributed by atoms with van der Waals surface area (Å²) in [7, 11) is -3.40. The number of hydrogen-bond acceptors (Lipinski definition) is 4. The molecule has 2 unspecified atom stereocenters. The Kier molecular flexibility index (Phi) is 7.09. The van der Waals surface area contributed by atoms with Crippen LogP contribution in [0.4, 0.5) is 0 Å². The minimum atomic E-state index is -3.40. The van der Waals surface area contributed by atoms with Crippen molar-refractivity contribution in [1.29, 1.82) is 0 Å². The van der Waals surface area contributed by atoms with Gasteiger partial charge in [0.25, 0.3) is 0 Å². The van der Waals surface area contributed by atoms with Crippen LogP contribution >= 0.6 is 0 Å². The molecule has 1 aromatic heterocycles. The summed E-state index contributed by atoms with van der Waals surface area (Å²) < 4.78 is 39.8. The number of allylic oxidation sites excluding steroid dienone is 2. The van der Waals surface area contributed by atoms with Gasteiger partial charge in [-0.2, -0.15) is 0 Å². The molecule has 0 amide bonds. The van der Waals surface area contributed by atoms with Crippen molar-refractivity contribution >= 4 is 37.7 Å². The second kappa shape index (κ2) is 10.3. The van der Waals surface area contributed by atoms with E-state index in [9.17, 15) is 8.42 Å². The molecule has 190 valence electrons. The van der Waals surface area contributed by atoms with Gasteiger partial charge in [-0.3, -0.25) is 0 Å². The molecule has 0 bridgehead atoms. The molecule has 0 spiro atoms. The van der Waals surface area contributed by atoms with Gasteiger partial charge in [-0.05, 0) is 68.5 Å². The summed E-state index contributed by atoms with van der Waals surface area (Å²) in [6, 6.07) is 14.8. The average Bonchev–Trinajstić information content (AvgIpc) is 3.22. The first-order valence-electron chi connectivity index (χ1n) is 13.0. The van der Waals surface area contributed by atoms with Gasteiger partial charge < -0.3 is 14.0 Å². The van der Waals surface area contributed by atoms with E-state index in [1.165, 1.54) is 21.8 Å². The highest BCUT2D eigenvalue weighted by Crippen LogP contribution is 2.35. The predicted octanol–water partition coefficient (Wildman–Crippen LogP) is 6.43. The van der Waals surface area contributed by atoms with E-state index in [1.54, 1.807) is 0 Å². The Morgan fingerprint density at radius 3 is 2.69 bits per heavy atom. The molecule has 3 aromatic rings. The van der Waals surface area contributed by atoms with Crippen LogP contribution in [0.1, 0.15) is 45.1 Å². The average molecular weight is 506 g/mol. The largest absolute Gasteiger partial charge is 0.488 e. The molecule has 1 saturated heterocycles. The molecule has 5 rings (SSSR count). The van der Waals surface area contributed by atoms with Crippen LogP contribution in [0.3, 0.4) is 0 Å². The lowest BCUT2D eigenvalue weighted by atomic mass is 9.97. The first-order valence-corrected chi connectivity index (χ1v) is 14.7. The van der Waals surface area contributed by atoms with Crippen molar-refractivity contribution in [3.8, 4) is 0 Å². The van der Waals surface area contributed by atoms with Gasteiger partial charge in [0.1, 0.15) is 16.6 Å². The standard InChI is InChI=1S/C30H35NO4S/c1-3-20-36(32,33)30(17-14-24(15-18-30)35-25-8-7-19-34-22-25)16-13-23-11-12-29-27(21-23)26-9-5-6-10-28(26)31(29)4-2/h5-6,9-17,21,25H,3-4,7-8,18-20,22H2,1-2H3. The van der Waals surface area contributed by atoms with E-state index in [-0.39, 0.29) is 11.9 Å². The molecule has 2 heterocycles. The molecule has 0 radical (unpaired) electrons. The maximum atomic E-state index is 13.5. The molecule has 5 nitrogen and oxygen atoms in total. The Morgan fingerprint density at radius 1 is 1.14 bits per heavy atom. The Hall–Kier alpha value is -2.83. The zero-order valence-electron chi connectivity index (χ0n) is 21.2. The second-order valence-corrected chi connectivity index (χ2v) is 12.1.